The van der Waals surface area contributed by atoms with Gasteiger partial charge in [0.1, 0.15) is 12.4 Å². The number of carbonyl (C=O) groups excluding carboxylic acids is 1. The van der Waals surface area contributed by atoms with Crippen LogP contribution in [0.4, 0.5) is 4.79 Å². The fraction of sp³-hybridized carbons (Fsp3) is 0.200. The molecular formula is C20H21N3O3. The van der Waals surface area contributed by atoms with Gasteiger partial charge >= 0.3 is 6.09 Å². The summed E-state index contributed by atoms with van der Waals surface area (Å²) in [7, 11) is 1.30. The maximum Gasteiger partial charge on any atom is 0.427 e. The first-order valence-corrected chi connectivity index (χ1v) is 8.33. The van der Waals surface area contributed by atoms with Crippen LogP contribution in [-0.4, -0.2) is 30.6 Å². The van der Waals surface area contributed by atoms with E-state index in [-0.39, 0.29) is 0 Å². The minimum absolute atomic E-state index is 0.556. The molecule has 0 saturated heterocycles. The number of para-hydroxylation sites is 2. The predicted octanol–water partition coefficient (Wildman–Crippen LogP) is 3.72. The Morgan fingerprint density at radius 3 is 2.65 bits per heavy atom. The molecule has 0 atom stereocenters. The number of fused-ring (bicyclic) bond motifs is 1. The molecule has 1 heterocycles. The van der Waals surface area contributed by atoms with Crippen LogP contribution in [0.3, 0.4) is 0 Å². The van der Waals surface area contributed by atoms with E-state index in [9.17, 15) is 4.79 Å². The van der Waals surface area contributed by atoms with Gasteiger partial charge in [-0.2, -0.15) is 5.10 Å². The summed E-state index contributed by atoms with van der Waals surface area (Å²) in [6, 6.07) is 17.8. The van der Waals surface area contributed by atoms with Crippen LogP contribution in [-0.2, 0) is 11.3 Å². The monoisotopic (exact) mass is 351 g/mol. The van der Waals surface area contributed by atoms with Crippen molar-refractivity contribution in [2.24, 2.45) is 5.10 Å². The van der Waals surface area contributed by atoms with Crippen molar-refractivity contribution in [2.75, 3.05) is 13.7 Å². The molecule has 1 aromatic heterocycles. The summed E-state index contributed by atoms with van der Waals surface area (Å²) in [6.45, 7) is 3.29. The first-order chi connectivity index (χ1) is 12.7. The lowest BCUT2D eigenvalue weighted by Gasteiger charge is -2.10. The van der Waals surface area contributed by atoms with E-state index in [1.54, 1.807) is 6.21 Å². The third-order valence-corrected chi connectivity index (χ3v) is 4.14. The summed E-state index contributed by atoms with van der Waals surface area (Å²) in [5.74, 6) is 0.852. The van der Waals surface area contributed by atoms with E-state index in [0.717, 1.165) is 27.9 Å². The number of nitrogens with zero attached hydrogens (tertiary/aromatic N) is 2. The predicted molar refractivity (Wildman–Crippen MR) is 102 cm³/mol. The molecule has 2 aromatic carbocycles. The maximum atomic E-state index is 11.2. The summed E-state index contributed by atoms with van der Waals surface area (Å²) in [4.78, 5) is 11.2. The fourth-order valence-corrected chi connectivity index (χ4v) is 2.88. The van der Waals surface area contributed by atoms with E-state index in [1.165, 1.54) is 7.11 Å². The van der Waals surface area contributed by atoms with Gasteiger partial charge in [-0.05, 0) is 25.1 Å². The van der Waals surface area contributed by atoms with E-state index in [4.69, 9.17) is 4.74 Å². The molecular weight excluding hydrogens is 330 g/mol. The second kappa shape index (κ2) is 8.20. The molecule has 0 bridgehead atoms. The van der Waals surface area contributed by atoms with E-state index < -0.39 is 6.09 Å². The number of hydrogen-bond donors (Lipinski definition) is 1. The van der Waals surface area contributed by atoms with Gasteiger partial charge in [0.2, 0.25) is 0 Å². The quantitative estimate of drug-likeness (QED) is 0.544. The number of rotatable bonds is 6. The van der Waals surface area contributed by atoms with Crippen LogP contribution >= 0.6 is 0 Å². The number of carbonyl (C=O) groups is 1. The van der Waals surface area contributed by atoms with Crippen LogP contribution in [0.2, 0.25) is 0 Å². The molecule has 1 N–H and O–H groups in total. The summed E-state index contributed by atoms with van der Waals surface area (Å²) in [5, 5.41) is 5.04. The third kappa shape index (κ3) is 3.85. The molecule has 1 amide bonds. The van der Waals surface area contributed by atoms with E-state index in [0.29, 0.717) is 13.2 Å². The lowest BCUT2D eigenvalue weighted by Crippen LogP contribution is -2.16. The van der Waals surface area contributed by atoms with Gasteiger partial charge in [-0.1, -0.05) is 36.4 Å². The van der Waals surface area contributed by atoms with Gasteiger partial charge in [-0.15, -0.1) is 0 Å². The average Bonchev–Trinajstić information content (AvgIpc) is 2.94. The van der Waals surface area contributed by atoms with Crippen LogP contribution in [0, 0.1) is 6.92 Å². The summed E-state index contributed by atoms with van der Waals surface area (Å²) >= 11 is 0. The number of methoxy groups -OCH3 is 1. The summed E-state index contributed by atoms with van der Waals surface area (Å²) in [6.07, 6.45) is 1.04. The summed E-state index contributed by atoms with van der Waals surface area (Å²) in [5.41, 5.74) is 5.43. The van der Waals surface area contributed by atoms with Crippen molar-refractivity contribution in [3.05, 3.63) is 65.9 Å². The Bertz CT molecular complexity index is 917. The normalized spacial score (nSPS) is 11.0. The van der Waals surface area contributed by atoms with Gasteiger partial charge in [0, 0.05) is 22.2 Å². The first kappa shape index (κ1) is 17.5. The second-order valence-electron chi connectivity index (χ2n) is 5.69. The highest BCUT2D eigenvalue weighted by Gasteiger charge is 2.12. The molecule has 0 aliphatic heterocycles. The Morgan fingerprint density at radius 1 is 1.15 bits per heavy atom. The van der Waals surface area contributed by atoms with Crippen molar-refractivity contribution in [3.63, 3.8) is 0 Å². The standard InChI is InChI=1S/C20H21N3O3/c1-15-18(14-21-22-20(24)25-2)17-10-6-7-11-19(17)23(15)12-13-26-16-8-4-3-5-9-16/h3-11,14H,12-13H2,1-2H3,(H,22,24)/b21-14+. The molecule has 0 spiro atoms. The number of amides is 1. The molecule has 0 fully saturated rings. The molecule has 134 valence electrons. The SMILES string of the molecule is COC(=O)N/N=C/c1c(C)n(CCOc2ccccc2)c2ccccc12. The van der Waals surface area contributed by atoms with Gasteiger partial charge < -0.3 is 14.0 Å². The Hall–Kier alpha value is -3.28. The number of nitrogens with one attached hydrogen (secondary N) is 1. The van der Waals surface area contributed by atoms with Gasteiger partial charge in [0.05, 0.1) is 19.9 Å². The Labute approximate surface area is 152 Å². The summed E-state index contributed by atoms with van der Waals surface area (Å²) < 4.78 is 12.5. The topological polar surface area (TPSA) is 64.8 Å². The highest BCUT2D eigenvalue weighted by molar-refractivity contribution is 6.01. The van der Waals surface area contributed by atoms with E-state index in [2.05, 4.69) is 25.9 Å². The lowest BCUT2D eigenvalue weighted by molar-refractivity contribution is 0.171. The van der Waals surface area contributed by atoms with Crippen molar-refractivity contribution in [1.29, 1.82) is 0 Å². The van der Waals surface area contributed by atoms with Crippen LogP contribution in [0.25, 0.3) is 10.9 Å². The minimum atomic E-state index is -0.598. The molecule has 0 aliphatic rings. The van der Waals surface area contributed by atoms with Crippen LogP contribution < -0.4 is 10.2 Å². The highest BCUT2D eigenvalue weighted by atomic mass is 16.5. The minimum Gasteiger partial charge on any atom is -0.492 e. The Kier molecular flexibility index (Phi) is 5.53. The molecule has 6 heteroatoms. The average molecular weight is 351 g/mol. The van der Waals surface area contributed by atoms with Crippen molar-refractivity contribution >= 4 is 23.2 Å². The lowest BCUT2D eigenvalue weighted by atomic mass is 10.1. The zero-order chi connectivity index (χ0) is 18.4. The van der Waals surface area contributed by atoms with E-state index >= 15 is 0 Å². The van der Waals surface area contributed by atoms with Crippen molar-refractivity contribution in [2.45, 2.75) is 13.5 Å². The number of hydrogen-bond acceptors (Lipinski definition) is 4. The first-order valence-electron chi connectivity index (χ1n) is 8.33. The van der Waals surface area contributed by atoms with Crippen LogP contribution in [0.15, 0.2) is 59.7 Å². The van der Waals surface area contributed by atoms with Crippen LogP contribution in [0.5, 0.6) is 5.75 Å². The Morgan fingerprint density at radius 2 is 1.88 bits per heavy atom. The van der Waals surface area contributed by atoms with Gasteiger partial charge in [0.25, 0.3) is 0 Å². The number of aromatic nitrogens is 1. The molecule has 0 aliphatic carbocycles. The number of hydrazone groups is 1. The Balaban J connectivity index is 1.81. The highest BCUT2D eigenvalue weighted by Crippen LogP contribution is 2.24. The molecule has 26 heavy (non-hydrogen) atoms. The molecule has 3 rings (SSSR count). The smallest absolute Gasteiger partial charge is 0.427 e. The zero-order valence-electron chi connectivity index (χ0n) is 14.8. The van der Waals surface area contributed by atoms with E-state index in [1.807, 2.05) is 55.5 Å². The van der Waals surface area contributed by atoms with Gasteiger partial charge in [-0.3, -0.25) is 0 Å². The second-order valence-corrected chi connectivity index (χ2v) is 5.69. The largest absolute Gasteiger partial charge is 0.492 e. The maximum absolute atomic E-state index is 11.2. The van der Waals surface area contributed by atoms with Gasteiger partial charge in [-0.25, -0.2) is 10.2 Å². The van der Waals surface area contributed by atoms with Crippen LogP contribution in [0.1, 0.15) is 11.3 Å². The third-order valence-electron chi connectivity index (χ3n) is 4.14. The number of ether oxygens (including phenoxy) is 2. The molecule has 0 saturated carbocycles. The molecule has 0 radical (unpaired) electrons. The number of benzene rings is 2. The van der Waals surface area contributed by atoms with Crippen molar-refractivity contribution in [1.82, 2.24) is 9.99 Å². The molecule has 6 nitrogen and oxygen atoms in total. The van der Waals surface area contributed by atoms with Gasteiger partial charge in [0.15, 0.2) is 0 Å². The molecule has 3 aromatic rings. The fourth-order valence-electron chi connectivity index (χ4n) is 2.88. The molecule has 0 unspecified atom stereocenters. The zero-order valence-corrected chi connectivity index (χ0v) is 14.8. The van der Waals surface area contributed by atoms with Crippen molar-refractivity contribution in [3.8, 4) is 5.75 Å². The van der Waals surface area contributed by atoms with Crippen molar-refractivity contribution < 1.29 is 14.3 Å².